The quantitative estimate of drug-likeness (QED) is 0.567. The predicted molar refractivity (Wildman–Crippen MR) is 112 cm³/mol. The fourth-order valence-corrected chi connectivity index (χ4v) is 4.10. The lowest BCUT2D eigenvalue weighted by Crippen LogP contribution is -1.98. The standard InChI is InChI=1S/C19H24ClO3P.C2H6/c1-12(2)16-8-14(5-6-19(16)21)9-17-13(3)7-15(10-18(17)20)11-24(4,22)23;1-2/h5-8,10,12,21H,9,11H2,1-4H3,(H,22,23);1-2H3. The molecule has 0 bridgehead atoms. The number of phenolic OH excluding ortho intramolecular Hbond substituents is 1. The topological polar surface area (TPSA) is 57.5 Å². The van der Waals surface area contributed by atoms with Crippen LogP contribution in [-0.4, -0.2) is 16.7 Å². The van der Waals surface area contributed by atoms with Gasteiger partial charge in [0.1, 0.15) is 5.75 Å². The number of benzene rings is 2. The average molecular weight is 397 g/mol. The van der Waals surface area contributed by atoms with Crippen molar-refractivity contribution in [1.29, 1.82) is 0 Å². The van der Waals surface area contributed by atoms with Crippen LogP contribution in [0.15, 0.2) is 30.3 Å². The van der Waals surface area contributed by atoms with E-state index in [4.69, 9.17) is 11.6 Å². The Balaban J connectivity index is 0.00000163. The number of halogens is 1. The maximum Gasteiger partial charge on any atom is 0.201 e. The molecule has 5 heteroatoms. The first kappa shape index (κ1) is 22.8. The van der Waals surface area contributed by atoms with Gasteiger partial charge in [0.25, 0.3) is 0 Å². The van der Waals surface area contributed by atoms with Crippen molar-refractivity contribution in [3.63, 3.8) is 0 Å². The molecule has 0 radical (unpaired) electrons. The lowest BCUT2D eigenvalue weighted by atomic mass is 9.94. The molecule has 2 aromatic carbocycles. The second-order valence-corrected chi connectivity index (χ2v) is 9.63. The Bertz CT molecular complexity index is 771. The van der Waals surface area contributed by atoms with Gasteiger partial charge in [0, 0.05) is 17.8 Å². The van der Waals surface area contributed by atoms with E-state index in [1.54, 1.807) is 12.1 Å². The van der Waals surface area contributed by atoms with Crippen molar-refractivity contribution < 1.29 is 14.6 Å². The van der Waals surface area contributed by atoms with Crippen LogP contribution in [0.3, 0.4) is 0 Å². The van der Waals surface area contributed by atoms with Crippen LogP contribution in [-0.2, 0) is 17.1 Å². The van der Waals surface area contributed by atoms with Crippen LogP contribution in [0.5, 0.6) is 5.75 Å². The molecule has 0 aliphatic carbocycles. The van der Waals surface area contributed by atoms with Gasteiger partial charge in [-0.05, 0) is 59.2 Å². The summed E-state index contributed by atoms with van der Waals surface area (Å²) in [7, 11) is -3.12. The van der Waals surface area contributed by atoms with Gasteiger partial charge in [-0.15, -0.1) is 0 Å². The summed E-state index contributed by atoms with van der Waals surface area (Å²) in [5, 5.41) is 10.6. The minimum Gasteiger partial charge on any atom is -0.508 e. The number of hydrogen-bond donors (Lipinski definition) is 2. The normalized spacial score (nSPS) is 13.1. The smallest absolute Gasteiger partial charge is 0.201 e. The van der Waals surface area contributed by atoms with Gasteiger partial charge in [0.2, 0.25) is 7.37 Å². The highest BCUT2D eigenvalue weighted by Gasteiger charge is 2.15. The highest BCUT2D eigenvalue weighted by molar-refractivity contribution is 7.56. The van der Waals surface area contributed by atoms with E-state index in [0.29, 0.717) is 17.2 Å². The maximum absolute atomic E-state index is 11.6. The van der Waals surface area contributed by atoms with Crippen LogP contribution in [0, 0.1) is 6.92 Å². The van der Waals surface area contributed by atoms with E-state index in [2.05, 4.69) is 0 Å². The van der Waals surface area contributed by atoms with Crippen LogP contribution in [0.25, 0.3) is 0 Å². The molecule has 0 aromatic heterocycles. The Morgan fingerprint density at radius 1 is 1.12 bits per heavy atom. The highest BCUT2D eigenvalue weighted by atomic mass is 35.5. The van der Waals surface area contributed by atoms with Crippen LogP contribution in [0.2, 0.25) is 5.02 Å². The lowest BCUT2D eigenvalue weighted by Gasteiger charge is -2.15. The molecule has 0 saturated carbocycles. The minimum absolute atomic E-state index is 0.130. The molecule has 0 saturated heterocycles. The Hall–Kier alpha value is -1.28. The summed E-state index contributed by atoms with van der Waals surface area (Å²) < 4.78 is 11.6. The highest BCUT2D eigenvalue weighted by Crippen LogP contribution is 2.41. The maximum atomic E-state index is 11.6. The SMILES string of the molecule is CC.Cc1cc(CP(C)(=O)O)cc(Cl)c1Cc1ccc(O)c(C(C)C)c1. The Labute approximate surface area is 162 Å². The summed E-state index contributed by atoms with van der Waals surface area (Å²) in [6.07, 6.45) is 0.790. The third-order valence-electron chi connectivity index (χ3n) is 4.05. The first-order valence-electron chi connectivity index (χ1n) is 8.96. The molecular formula is C21H30ClO3P. The van der Waals surface area contributed by atoms with Crippen LogP contribution >= 0.6 is 19.0 Å². The van der Waals surface area contributed by atoms with Gasteiger partial charge in [-0.1, -0.05) is 57.5 Å². The van der Waals surface area contributed by atoms with E-state index in [-0.39, 0.29) is 12.1 Å². The van der Waals surface area contributed by atoms with Crippen molar-refractivity contribution in [2.75, 3.05) is 6.66 Å². The molecule has 0 amide bonds. The second-order valence-electron chi connectivity index (χ2n) is 6.81. The zero-order valence-corrected chi connectivity index (χ0v) is 18.2. The van der Waals surface area contributed by atoms with E-state index in [1.165, 1.54) is 6.66 Å². The molecule has 2 rings (SSSR count). The van der Waals surface area contributed by atoms with Crippen molar-refractivity contribution in [1.82, 2.24) is 0 Å². The molecular weight excluding hydrogens is 367 g/mol. The molecule has 0 heterocycles. The van der Waals surface area contributed by atoms with E-state index in [9.17, 15) is 14.6 Å². The van der Waals surface area contributed by atoms with Crippen molar-refractivity contribution in [2.24, 2.45) is 0 Å². The minimum atomic E-state index is -3.12. The largest absolute Gasteiger partial charge is 0.508 e. The molecule has 3 nitrogen and oxygen atoms in total. The van der Waals surface area contributed by atoms with E-state index >= 15 is 0 Å². The van der Waals surface area contributed by atoms with Crippen molar-refractivity contribution in [3.8, 4) is 5.75 Å². The molecule has 2 N–H and O–H groups in total. The Morgan fingerprint density at radius 3 is 2.23 bits per heavy atom. The van der Waals surface area contributed by atoms with Gasteiger partial charge in [0.15, 0.2) is 0 Å². The number of rotatable bonds is 5. The first-order chi connectivity index (χ1) is 12.1. The first-order valence-corrected chi connectivity index (χ1v) is 11.6. The third-order valence-corrected chi connectivity index (χ3v) is 5.34. The fourth-order valence-electron chi connectivity index (χ4n) is 2.88. The summed E-state index contributed by atoms with van der Waals surface area (Å²) in [5.74, 6) is 0.556. The van der Waals surface area contributed by atoms with Gasteiger partial charge >= 0.3 is 0 Å². The van der Waals surface area contributed by atoms with E-state index in [1.807, 2.05) is 52.8 Å². The van der Waals surface area contributed by atoms with E-state index in [0.717, 1.165) is 27.8 Å². The van der Waals surface area contributed by atoms with E-state index < -0.39 is 7.37 Å². The molecule has 26 heavy (non-hydrogen) atoms. The molecule has 2 aromatic rings. The molecule has 0 spiro atoms. The molecule has 1 atom stereocenters. The number of hydrogen-bond acceptors (Lipinski definition) is 2. The number of aromatic hydroxyl groups is 1. The van der Waals surface area contributed by atoms with Gasteiger partial charge in [0.05, 0.1) is 0 Å². The zero-order chi connectivity index (χ0) is 20.1. The molecule has 144 valence electrons. The fraction of sp³-hybridized carbons (Fsp3) is 0.429. The average Bonchev–Trinajstić information content (AvgIpc) is 2.52. The van der Waals surface area contributed by atoms with Crippen molar-refractivity contribution >= 4 is 19.0 Å². The predicted octanol–water partition coefficient (Wildman–Crippen LogP) is 6.49. The third kappa shape index (κ3) is 6.46. The van der Waals surface area contributed by atoms with Crippen LogP contribution < -0.4 is 0 Å². The Morgan fingerprint density at radius 2 is 1.73 bits per heavy atom. The summed E-state index contributed by atoms with van der Waals surface area (Å²) in [5.41, 5.74) is 4.79. The molecule has 0 fully saturated rings. The summed E-state index contributed by atoms with van der Waals surface area (Å²) in [6.45, 7) is 11.4. The van der Waals surface area contributed by atoms with Crippen molar-refractivity contribution in [3.05, 3.63) is 63.2 Å². The summed E-state index contributed by atoms with van der Waals surface area (Å²) >= 11 is 6.43. The van der Waals surface area contributed by atoms with Crippen LogP contribution in [0.4, 0.5) is 0 Å². The molecule has 1 unspecified atom stereocenters. The van der Waals surface area contributed by atoms with Gasteiger partial charge in [-0.3, -0.25) is 4.57 Å². The molecule has 0 aliphatic rings. The lowest BCUT2D eigenvalue weighted by molar-refractivity contribution is 0.464. The second kappa shape index (κ2) is 9.60. The summed E-state index contributed by atoms with van der Waals surface area (Å²) in [4.78, 5) is 9.55. The zero-order valence-electron chi connectivity index (χ0n) is 16.5. The van der Waals surface area contributed by atoms with Gasteiger partial charge in [-0.25, -0.2) is 0 Å². The number of phenols is 1. The molecule has 0 aliphatic heterocycles. The summed E-state index contributed by atoms with van der Waals surface area (Å²) in [6, 6.07) is 9.34. The number of aryl methyl sites for hydroxylation is 1. The van der Waals surface area contributed by atoms with Crippen LogP contribution in [0.1, 0.15) is 61.4 Å². The monoisotopic (exact) mass is 396 g/mol. The Kier molecular flexibility index (Phi) is 8.40. The van der Waals surface area contributed by atoms with Gasteiger partial charge < -0.3 is 10.00 Å². The van der Waals surface area contributed by atoms with Gasteiger partial charge in [-0.2, -0.15) is 0 Å². The van der Waals surface area contributed by atoms with Crippen molar-refractivity contribution in [2.45, 2.75) is 53.1 Å².